The van der Waals surface area contributed by atoms with Gasteiger partial charge in [0.05, 0.1) is 18.8 Å². The molecule has 0 spiro atoms. The van der Waals surface area contributed by atoms with Gasteiger partial charge in [-0.15, -0.1) is 0 Å². The zero-order valence-electron chi connectivity index (χ0n) is 14.3. The zero-order valence-corrected chi connectivity index (χ0v) is 14.3. The first-order valence-corrected chi connectivity index (χ1v) is 8.39. The Hall–Kier alpha value is -2.40. The van der Waals surface area contributed by atoms with Crippen molar-refractivity contribution in [2.45, 2.75) is 32.3 Å². The van der Waals surface area contributed by atoms with Gasteiger partial charge >= 0.3 is 5.97 Å². The molecule has 5 heteroatoms. The highest BCUT2D eigenvalue weighted by Crippen LogP contribution is 2.46. The Bertz CT molecular complexity index is 812. The second kappa shape index (κ2) is 6.84. The monoisotopic (exact) mass is 344 g/mol. The van der Waals surface area contributed by atoms with Crippen LogP contribution < -0.4 is 4.74 Å². The van der Waals surface area contributed by atoms with Gasteiger partial charge in [-0.25, -0.2) is 9.18 Å². The third-order valence-corrected chi connectivity index (χ3v) is 4.77. The molecule has 0 aliphatic heterocycles. The summed E-state index contributed by atoms with van der Waals surface area (Å²) in [5, 5.41) is 20.3. The molecule has 1 saturated carbocycles. The first-order chi connectivity index (χ1) is 12.0. The number of carbonyl (C=O) groups is 1. The minimum atomic E-state index is -1.04. The van der Waals surface area contributed by atoms with Crippen molar-refractivity contribution < 1.29 is 24.1 Å². The molecule has 0 amide bonds. The molecule has 1 fully saturated rings. The van der Waals surface area contributed by atoms with Crippen LogP contribution in [0.1, 0.15) is 47.4 Å². The molecule has 3 rings (SSSR count). The molecule has 2 aromatic rings. The molecular weight excluding hydrogens is 323 g/mol. The lowest BCUT2D eigenvalue weighted by atomic mass is 9.86. The van der Waals surface area contributed by atoms with Crippen molar-refractivity contribution in [2.75, 3.05) is 7.11 Å². The topological polar surface area (TPSA) is 66.8 Å². The van der Waals surface area contributed by atoms with Crippen LogP contribution in [0.15, 0.2) is 30.3 Å². The van der Waals surface area contributed by atoms with Gasteiger partial charge in [-0.05, 0) is 66.1 Å². The van der Waals surface area contributed by atoms with Gasteiger partial charge in [0.2, 0.25) is 0 Å². The van der Waals surface area contributed by atoms with E-state index < -0.39 is 17.9 Å². The van der Waals surface area contributed by atoms with E-state index in [4.69, 9.17) is 4.74 Å². The van der Waals surface area contributed by atoms with E-state index in [0.717, 1.165) is 12.8 Å². The molecular formula is C20H21FO4. The minimum Gasteiger partial charge on any atom is -0.497 e. The number of benzene rings is 2. The maximum absolute atomic E-state index is 14.5. The Morgan fingerprint density at radius 3 is 2.56 bits per heavy atom. The number of hydrogen-bond acceptors (Lipinski definition) is 3. The standard InChI is InChI=1S/C20H21FO4/c1-3-13-15(20(23)24)8-7-14(18(13)19(22)11-4-5-11)16-10-12(25-2)6-9-17(16)21/h6-11,19,22H,3-5H2,1-2H3,(H,23,24). The fraction of sp³-hybridized carbons (Fsp3) is 0.350. The third kappa shape index (κ3) is 3.24. The molecule has 1 aliphatic carbocycles. The zero-order chi connectivity index (χ0) is 18.1. The van der Waals surface area contributed by atoms with Crippen LogP contribution in [0.5, 0.6) is 5.75 Å². The molecule has 0 aromatic heterocycles. The van der Waals surface area contributed by atoms with E-state index >= 15 is 0 Å². The lowest BCUT2D eigenvalue weighted by Crippen LogP contribution is -2.12. The van der Waals surface area contributed by atoms with Crippen molar-refractivity contribution >= 4 is 5.97 Å². The predicted molar refractivity (Wildman–Crippen MR) is 92.4 cm³/mol. The number of aliphatic hydroxyl groups excluding tert-OH is 1. The molecule has 4 nitrogen and oxygen atoms in total. The van der Waals surface area contributed by atoms with Gasteiger partial charge in [-0.1, -0.05) is 13.0 Å². The number of hydrogen-bond donors (Lipinski definition) is 2. The van der Waals surface area contributed by atoms with Crippen molar-refractivity contribution in [1.29, 1.82) is 0 Å². The van der Waals surface area contributed by atoms with Crippen LogP contribution in [0.3, 0.4) is 0 Å². The van der Waals surface area contributed by atoms with E-state index in [1.54, 1.807) is 12.1 Å². The van der Waals surface area contributed by atoms with Crippen LogP contribution in [-0.4, -0.2) is 23.3 Å². The minimum absolute atomic E-state index is 0.0989. The maximum atomic E-state index is 14.5. The lowest BCUT2D eigenvalue weighted by molar-refractivity contribution is 0.0695. The highest BCUT2D eigenvalue weighted by Gasteiger charge is 2.35. The number of aromatic carboxylic acids is 1. The molecule has 132 valence electrons. The van der Waals surface area contributed by atoms with Crippen LogP contribution in [0.4, 0.5) is 4.39 Å². The van der Waals surface area contributed by atoms with Crippen molar-refractivity contribution in [3.8, 4) is 16.9 Å². The number of halogens is 1. The highest BCUT2D eigenvalue weighted by atomic mass is 19.1. The number of ether oxygens (including phenoxy) is 1. The lowest BCUT2D eigenvalue weighted by Gasteiger charge is -2.21. The summed E-state index contributed by atoms with van der Waals surface area (Å²) < 4.78 is 19.7. The van der Waals surface area contributed by atoms with Crippen molar-refractivity contribution in [3.63, 3.8) is 0 Å². The highest BCUT2D eigenvalue weighted by molar-refractivity contribution is 5.91. The molecule has 2 aromatic carbocycles. The first-order valence-electron chi connectivity index (χ1n) is 8.39. The molecule has 0 heterocycles. The fourth-order valence-corrected chi connectivity index (χ4v) is 3.30. The molecule has 0 radical (unpaired) electrons. The molecule has 2 N–H and O–H groups in total. The molecule has 1 unspecified atom stereocenters. The Morgan fingerprint density at radius 1 is 1.28 bits per heavy atom. The van der Waals surface area contributed by atoms with Crippen LogP contribution in [0, 0.1) is 11.7 Å². The van der Waals surface area contributed by atoms with E-state index in [9.17, 15) is 19.4 Å². The molecule has 1 aliphatic rings. The van der Waals surface area contributed by atoms with E-state index in [0.29, 0.717) is 34.4 Å². The molecule has 0 saturated heterocycles. The van der Waals surface area contributed by atoms with E-state index in [-0.39, 0.29) is 11.5 Å². The summed E-state index contributed by atoms with van der Waals surface area (Å²) >= 11 is 0. The largest absolute Gasteiger partial charge is 0.497 e. The third-order valence-electron chi connectivity index (χ3n) is 4.77. The van der Waals surface area contributed by atoms with Crippen LogP contribution in [0.2, 0.25) is 0 Å². The smallest absolute Gasteiger partial charge is 0.335 e. The first kappa shape index (κ1) is 17.4. The SMILES string of the molecule is CCc1c(C(=O)O)ccc(-c2cc(OC)ccc2F)c1C(O)C1CC1. The second-order valence-electron chi connectivity index (χ2n) is 6.34. The number of rotatable bonds is 6. The summed E-state index contributed by atoms with van der Waals surface area (Å²) in [5.41, 5.74) is 2.08. The summed E-state index contributed by atoms with van der Waals surface area (Å²) in [7, 11) is 1.50. The van der Waals surface area contributed by atoms with Crippen molar-refractivity contribution in [1.82, 2.24) is 0 Å². The van der Waals surface area contributed by atoms with Gasteiger partial charge in [0, 0.05) is 5.56 Å². The summed E-state index contributed by atoms with van der Waals surface area (Å²) in [6.45, 7) is 1.84. The number of aliphatic hydroxyl groups is 1. The summed E-state index contributed by atoms with van der Waals surface area (Å²) in [4.78, 5) is 11.6. The summed E-state index contributed by atoms with van der Waals surface area (Å²) in [6.07, 6.45) is 1.43. The number of methoxy groups -OCH3 is 1. The van der Waals surface area contributed by atoms with Gasteiger partial charge in [-0.2, -0.15) is 0 Å². The van der Waals surface area contributed by atoms with Crippen molar-refractivity contribution in [3.05, 3.63) is 52.8 Å². The Balaban J connectivity index is 2.27. The Labute approximate surface area is 145 Å². The maximum Gasteiger partial charge on any atom is 0.335 e. The van der Waals surface area contributed by atoms with E-state index in [2.05, 4.69) is 0 Å². The van der Waals surface area contributed by atoms with Gasteiger partial charge in [0.15, 0.2) is 0 Å². The summed E-state index contributed by atoms with van der Waals surface area (Å²) in [6, 6.07) is 7.49. The number of carboxylic acids is 1. The predicted octanol–water partition coefficient (Wildman–Crippen LogP) is 4.21. The van der Waals surface area contributed by atoms with E-state index in [1.807, 2.05) is 6.92 Å². The van der Waals surface area contributed by atoms with Crippen LogP contribution in [0.25, 0.3) is 11.1 Å². The van der Waals surface area contributed by atoms with Gasteiger partial charge < -0.3 is 14.9 Å². The van der Waals surface area contributed by atoms with Gasteiger partial charge in [0.25, 0.3) is 0 Å². The molecule has 0 bridgehead atoms. The van der Waals surface area contributed by atoms with Crippen LogP contribution >= 0.6 is 0 Å². The quantitative estimate of drug-likeness (QED) is 0.824. The normalized spacial score (nSPS) is 15.0. The van der Waals surface area contributed by atoms with E-state index in [1.165, 1.54) is 25.3 Å². The summed E-state index contributed by atoms with van der Waals surface area (Å²) in [5.74, 6) is -0.876. The van der Waals surface area contributed by atoms with Gasteiger partial charge in [-0.3, -0.25) is 0 Å². The van der Waals surface area contributed by atoms with Crippen molar-refractivity contribution in [2.24, 2.45) is 5.92 Å². The number of carboxylic acid groups (broad SMARTS) is 1. The van der Waals surface area contributed by atoms with Crippen LogP contribution in [-0.2, 0) is 6.42 Å². The second-order valence-corrected chi connectivity index (χ2v) is 6.34. The molecule has 25 heavy (non-hydrogen) atoms. The Kier molecular flexibility index (Phi) is 4.77. The molecule has 1 atom stereocenters. The average molecular weight is 344 g/mol. The van der Waals surface area contributed by atoms with Gasteiger partial charge in [0.1, 0.15) is 11.6 Å². The fourth-order valence-electron chi connectivity index (χ4n) is 3.30. The average Bonchev–Trinajstić information content (AvgIpc) is 3.45. The Morgan fingerprint density at radius 2 is 2.00 bits per heavy atom.